The number of benzene rings is 1. The summed E-state index contributed by atoms with van der Waals surface area (Å²) >= 11 is 0. The first-order valence-electron chi connectivity index (χ1n) is 7.21. The van der Waals surface area contributed by atoms with E-state index < -0.39 is 12.1 Å². The number of cyclic esters (lactones) is 1. The average Bonchev–Trinajstić information content (AvgIpc) is 3.16. The summed E-state index contributed by atoms with van der Waals surface area (Å²) < 4.78 is 4.73. The molecule has 0 spiro atoms. The zero-order valence-corrected chi connectivity index (χ0v) is 12.0. The molecule has 3 amide bonds. The standard InChI is InChI=1S/C15H17N3O4/c19-13(10-4-2-1-3-5-10)16-11-6-7-18(8-11)14(20)12-9-22-15(21)17-12/h1-5,11-12H,6-9H2,(H,16,19)(H,17,21)/t11-,12-/m0/s1. The fourth-order valence-electron chi connectivity index (χ4n) is 2.67. The van der Waals surface area contributed by atoms with E-state index in [4.69, 9.17) is 4.74 Å². The molecule has 0 aromatic heterocycles. The van der Waals surface area contributed by atoms with E-state index in [1.54, 1.807) is 17.0 Å². The first-order chi connectivity index (χ1) is 10.6. The maximum absolute atomic E-state index is 12.2. The van der Waals surface area contributed by atoms with E-state index in [9.17, 15) is 14.4 Å². The zero-order chi connectivity index (χ0) is 15.5. The van der Waals surface area contributed by atoms with E-state index in [1.807, 2.05) is 18.2 Å². The second kappa shape index (κ2) is 6.05. The summed E-state index contributed by atoms with van der Waals surface area (Å²) in [5, 5.41) is 5.40. The van der Waals surface area contributed by atoms with Crippen LogP contribution in [0.3, 0.4) is 0 Å². The van der Waals surface area contributed by atoms with Gasteiger partial charge in [-0.15, -0.1) is 0 Å². The largest absolute Gasteiger partial charge is 0.447 e. The van der Waals surface area contributed by atoms with E-state index in [0.717, 1.165) is 0 Å². The smallest absolute Gasteiger partial charge is 0.407 e. The van der Waals surface area contributed by atoms with Crippen molar-refractivity contribution >= 4 is 17.9 Å². The number of hydrogen-bond acceptors (Lipinski definition) is 4. The highest BCUT2D eigenvalue weighted by Gasteiger charge is 2.35. The summed E-state index contributed by atoms with van der Waals surface area (Å²) in [7, 11) is 0. The van der Waals surface area contributed by atoms with Crippen LogP contribution in [0.2, 0.25) is 0 Å². The molecule has 2 heterocycles. The van der Waals surface area contributed by atoms with E-state index in [2.05, 4.69) is 10.6 Å². The molecule has 2 fully saturated rings. The minimum absolute atomic E-state index is 0.0647. The summed E-state index contributed by atoms with van der Waals surface area (Å²) in [5.41, 5.74) is 0.601. The Labute approximate surface area is 127 Å². The van der Waals surface area contributed by atoms with Crippen LogP contribution in [0.15, 0.2) is 30.3 Å². The van der Waals surface area contributed by atoms with Crippen LogP contribution in [0, 0.1) is 0 Å². The van der Waals surface area contributed by atoms with Crippen LogP contribution >= 0.6 is 0 Å². The minimum atomic E-state index is -0.615. The number of likely N-dealkylation sites (tertiary alicyclic amines) is 1. The molecule has 7 heteroatoms. The Morgan fingerprint density at radius 3 is 2.73 bits per heavy atom. The number of carbonyl (C=O) groups excluding carboxylic acids is 3. The quantitative estimate of drug-likeness (QED) is 0.830. The molecular formula is C15H17N3O4. The molecule has 0 bridgehead atoms. The van der Waals surface area contributed by atoms with Crippen LogP contribution in [0.1, 0.15) is 16.8 Å². The highest BCUT2D eigenvalue weighted by molar-refractivity contribution is 5.94. The molecule has 2 atom stereocenters. The third kappa shape index (κ3) is 3.03. The Morgan fingerprint density at radius 1 is 1.27 bits per heavy atom. The summed E-state index contributed by atoms with van der Waals surface area (Å²) in [6.07, 6.45) is 0.137. The summed E-state index contributed by atoms with van der Waals surface area (Å²) in [5.74, 6) is -0.306. The summed E-state index contributed by atoms with van der Waals surface area (Å²) in [6, 6.07) is 8.28. The van der Waals surface area contributed by atoms with Gasteiger partial charge in [-0.2, -0.15) is 0 Å². The first-order valence-corrected chi connectivity index (χ1v) is 7.21. The zero-order valence-electron chi connectivity index (χ0n) is 12.0. The van der Waals surface area contributed by atoms with E-state index in [0.29, 0.717) is 25.1 Å². The Balaban J connectivity index is 1.53. The molecule has 1 aromatic carbocycles. The molecule has 1 aromatic rings. The van der Waals surface area contributed by atoms with Crippen molar-refractivity contribution in [1.82, 2.24) is 15.5 Å². The highest BCUT2D eigenvalue weighted by Crippen LogP contribution is 2.13. The summed E-state index contributed by atoms with van der Waals surface area (Å²) in [6.45, 7) is 1.07. The van der Waals surface area contributed by atoms with Gasteiger partial charge in [-0.1, -0.05) is 18.2 Å². The van der Waals surface area contributed by atoms with Crippen LogP contribution in [-0.4, -0.2) is 54.6 Å². The molecule has 2 aliphatic heterocycles. The lowest BCUT2D eigenvalue weighted by Crippen LogP contribution is -2.46. The predicted molar refractivity (Wildman–Crippen MR) is 77.2 cm³/mol. The highest BCUT2D eigenvalue weighted by atomic mass is 16.6. The van der Waals surface area contributed by atoms with Gasteiger partial charge in [0.1, 0.15) is 12.6 Å². The number of hydrogen-bond donors (Lipinski definition) is 2. The fraction of sp³-hybridized carbons (Fsp3) is 0.400. The van der Waals surface area contributed by atoms with Crippen LogP contribution in [0.5, 0.6) is 0 Å². The maximum Gasteiger partial charge on any atom is 0.407 e. The van der Waals surface area contributed by atoms with Gasteiger partial charge in [-0.05, 0) is 18.6 Å². The first kappa shape index (κ1) is 14.4. The van der Waals surface area contributed by atoms with Gasteiger partial charge in [0.15, 0.2) is 0 Å². The Bertz CT molecular complexity index is 590. The second-order valence-electron chi connectivity index (χ2n) is 5.40. The molecule has 0 saturated carbocycles. The lowest BCUT2D eigenvalue weighted by atomic mass is 10.2. The van der Waals surface area contributed by atoms with E-state index >= 15 is 0 Å². The van der Waals surface area contributed by atoms with Crippen molar-refractivity contribution in [1.29, 1.82) is 0 Å². The van der Waals surface area contributed by atoms with Crippen LogP contribution < -0.4 is 10.6 Å². The van der Waals surface area contributed by atoms with Crippen molar-refractivity contribution < 1.29 is 19.1 Å². The number of nitrogens with zero attached hydrogens (tertiary/aromatic N) is 1. The Kier molecular flexibility index (Phi) is 3.95. The van der Waals surface area contributed by atoms with Crippen LogP contribution in [0.4, 0.5) is 4.79 Å². The Hall–Kier alpha value is -2.57. The number of rotatable bonds is 3. The van der Waals surface area contributed by atoms with Gasteiger partial charge in [-0.25, -0.2) is 4.79 Å². The van der Waals surface area contributed by atoms with Gasteiger partial charge in [0.2, 0.25) is 5.91 Å². The molecule has 7 nitrogen and oxygen atoms in total. The number of nitrogens with one attached hydrogen (secondary N) is 2. The van der Waals surface area contributed by atoms with E-state index in [1.165, 1.54) is 0 Å². The molecule has 0 unspecified atom stereocenters. The van der Waals surface area contributed by atoms with Gasteiger partial charge in [-0.3, -0.25) is 9.59 Å². The van der Waals surface area contributed by atoms with Crippen molar-refractivity contribution in [3.8, 4) is 0 Å². The molecule has 116 valence electrons. The van der Waals surface area contributed by atoms with Gasteiger partial charge in [0.25, 0.3) is 5.91 Å². The predicted octanol–water partition coefficient (Wildman–Crippen LogP) is 0.126. The fourth-order valence-corrected chi connectivity index (χ4v) is 2.67. The number of alkyl carbamates (subject to hydrolysis) is 1. The second-order valence-corrected chi connectivity index (χ2v) is 5.40. The molecule has 2 saturated heterocycles. The van der Waals surface area contributed by atoms with Crippen LogP contribution in [-0.2, 0) is 9.53 Å². The van der Waals surface area contributed by atoms with Gasteiger partial charge in [0.05, 0.1) is 0 Å². The minimum Gasteiger partial charge on any atom is -0.447 e. The van der Waals surface area contributed by atoms with E-state index in [-0.39, 0.29) is 24.5 Å². The SMILES string of the molecule is O=C1N[C@H](C(=O)N2CC[C@H](NC(=O)c3ccccc3)C2)CO1. The van der Waals surface area contributed by atoms with Gasteiger partial charge >= 0.3 is 6.09 Å². The maximum atomic E-state index is 12.2. The monoisotopic (exact) mass is 303 g/mol. The molecular weight excluding hydrogens is 286 g/mol. The third-order valence-corrected chi connectivity index (χ3v) is 3.84. The molecule has 0 radical (unpaired) electrons. The lowest BCUT2D eigenvalue weighted by Gasteiger charge is -2.19. The van der Waals surface area contributed by atoms with Crippen LogP contribution in [0.25, 0.3) is 0 Å². The third-order valence-electron chi connectivity index (χ3n) is 3.84. The summed E-state index contributed by atoms with van der Waals surface area (Å²) in [4.78, 5) is 36.9. The normalized spacial score (nSPS) is 23.8. The number of ether oxygens (including phenoxy) is 1. The number of amides is 3. The Morgan fingerprint density at radius 2 is 2.05 bits per heavy atom. The molecule has 3 rings (SSSR count). The van der Waals surface area contributed by atoms with Gasteiger partial charge < -0.3 is 20.3 Å². The topological polar surface area (TPSA) is 87.7 Å². The van der Waals surface area contributed by atoms with Gasteiger partial charge in [0, 0.05) is 24.7 Å². The number of carbonyl (C=O) groups is 3. The van der Waals surface area contributed by atoms with Crippen molar-refractivity contribution in [2.45, 2.75) is 18.5 Å². The van der Waals surface area contributed by atoms with Crippen molar-refractivity contribution in [3.63, 3.8) is 0 Å². The molecule has 2 N–H and O–H groups in total. The van der Waals surface area contributed by atoms with Crippen molar-refractivity contribution in [2.24, 2.45) is 0 Å². The molecule has 0 aliphatic carbocycles. The average molecular weight is 303 g/mol. The van der Waals surface area contributed by atoms with Crippen molar-refractivity contribution in [3.05, 3.63) is 35.9 Å². The molecule has 2 aliphatic rings. The molecule has 22 heavy (non-hydrogen) atoms. The van der Waals surface area contributed by atoms with Crippen molar-refractivity contribution in [2.75, 3.05) is 19.7 Å². The lowest BCUT2D eigenvalue weighted by molar-refractivity contribution is -0.132.